The van der Waals surface area contributed by atoms with E-state index in [0.717, 1.165) is 5.39 Å². The molecule has 3 N–H and O–H groups in total. The number of aromatic nitrogens is 1. The summed E-state index contributed by atoms with van der Waals surface area (Å²) in [6, 6.07) is 4.97. The molecule has 1 aromatic heterocycles. The molecule has 0 unspecified atom stereocenters. The fourth-order valence-corrected chi connectivity index (χ4v) is 7.57. The molecule has 1 aromatic carbocycles. The number of carbonyl (C=O) groups is 4. The molecule has 5 atom stereocenters. The van der Waals surface area contributed by atoms with E-state index >= 15 is 0 Å². The molecule has 3 fully saturated rings. The lowest BCUT2D eigenvalue weighted by Gasteiger charge is -2.35. The number of pyridine rings is 1. The van der Waals surface area contributed by atoms with Gasteiger partial charge in [0.15, 0.2) is 0 Å². The molecule has 2 heterocycles. The Kier molecular flexibility index (Phi) is 10.5. The van der Waals surface area contributed by atoms with E-state index in [1.807, 2.05) is 23.8 Å². The first-order valence-corrected chi connectivity index (χ1v) is 18.7. The fourth-order valence-electron chi connectivity index (χ4n) is 6.43. The van der Waals surface area contributed by atoms with Crippen molar-refractivity contribution in [2.45, 2.75) is 116 Å². The highest BCUT2D eigenvalue weighted by Crippen LogP contribution is 2.47. The number of amides is 4. The molecule has 2 aromatic rings. The van der Waals surface area contributed by atoms with Crippen LogP contribution in [0.1, 0.15) is 80.6 Å². The molecule has 3 aliphatic rings. The van der Waals surface area contributed by atoms with E-state index < -0.39 is 75.0 Å². The Bertz CT molecular complexity index is 1790. The van der Waals surface area contributed by atoms with Crippen molar-refractivity contribution in [1.82, 2.24) is 25.2 Å². The van der Waals surface area contributed by atoms with Gasteiger partial charge in [0.05, 0.1) is 25.4 Å². The molecule has 1 aliphatic heterocycles. The van der Waals surface area contributed by atoms with Gasteiger partial charge in [0.1, 0.15) is 29.5 Å². The van der Waals surface area contributed by atoms with E-state index in [2.05, 4.69) is 15.6 Å². The average molecular weight is 732 g/mol. The summed E-state index contributed by atoms with van der Waals surface area (Å²) in [5.74, 6) is -1.54. The van der Waals surface area contributed by atoms with Crippen LogP contribution in [0.15, 0.2) is 30.5 Å². The number of alkyl carbamates (subject to hydrolysis) is 1. The van der Waals surface area contributed by atoms with E-state index in [0.29, 0.717) is 36.3 Å². The molecule has 0 spiro atoms. The van der Waals surface area contributed by atoms with Crippen LogP contribution in [0, 0.1) is 11.3 Å². The van der Waals surface area contributed by atoms with Crippen LogP contribution in [-0.2, 0) is 33.6 Å². The molecular weight excluding hydrogens is 682 g/mol. The number of fused-ring (bicyclic) bond motifs is 1. The number of hydrogen-bond acceptors (Lipinski definition) is 11. The number of methoxy groups -OCH3 is 1. The lowest BCUT2D eigenvalue weighted by atomic mass is 9.85. The SMILES string of the molecule is CC[C@@H]1C[C@]1(NC(=O)[C@@H]1C[C@@H](Oc2nccc3cc(OC)ccc23)CN1C(=O)[C@@H](NC(=O)OC(C)C)C(C)(C)C)C(=O)NS(=O)(=O)OC1(C)CC1. The van der Waals surface area contributed by atoms with Crippen LogP contribution < -0.4 is 24.8 Å². The van der Waals surface area contributed by atoms with Gasteiger partial charge in [-0.2, -0.15) is 8.42 Å². The third-order valence-electron chi connectivity index (χ3n) is 9.61. The highest BCUT2D eigenvalue weighted by Gasteiger charge is 2.62. The standard InChI is InChI=1S/C35H49N5O10S/c1-9-22-18-35(22,31(43)39-51(45,46)50-34(7)13-14-34)38-28(41)26-17-24(49-29-25-11-10-23(47-8)16-21(25)12-15-36-29)19-40(26)30(42)27(33(4,5)6)37-32(44)48-20(2)3/h10-12,15-16,20,22,24,26-27H,9,13-14,17-19H2,1-8H3,(H,37,44)(H,38,41)(H,39,43)/t22-,24-,26+,27-,35-/m1/s1. The Morgan fingerprint density at radius 1 is 1.12 bits per heavy atom. The summed E-state index contributed by atoms with van der Waals surface area (Å²) >= 11 is 0. The Labute approximate surface area is 298 Å². The highest BCUT2D eigenvalue weighted by molar-refractivity contribution is 7.85. The third kappa shape index (κ3) is 8.66. The molecule has 0 radical (unpaired) electrons. The summed E-state index contributed by atoms with van der Waals surface area (Å²) in [5, 5.41) is 6.98. The molecule has 4 amide bonds. The number of rotatable bonds is 13. The zero-order chi connectivity index (χ0) is 37.5. The summed E-state index contributed by atoms with van der Waals surface area (Å²) in [4.78, 5) is 60.7. The largest absolute Gasteiger partial charge is 0.497 e. The summed E-state index contributed by atoms with van der Waals surface area (Å²) in [6.07, 6.45) is 1.43. The second-order valence-electron chi connectivity index (χ2n) is 15.3. The summed E-state index contributed by atoms with van der Waals surface area (Å²) in [6.45, 7) is 12.1. The molecule has 15 nitrogen and oxygen atoms in total. The maximum absolute atomic E-state index is 14.4. The number of nitrogens with zero attached hydrogens (tertiary/aromatic N) is 2. The fraction of sp³-hybridized carbons (Fsp3) is 0.629. The lowest BCUT2D eigenvalue weighted by molar-refractivity contribution is -0.143. The molecule has 2 aliphatic carbocycles. The molecular formula is C35H49N5O10S. The predicted molar refractivity (Wildman–Crippen MR) is 186 cm³/mol. The number of hydrogen-bond donors (Lipinski definition) is 3. The first-order valence-electron chi connectivity index (χ1n) is 17.3. The minimum atomic E-state index is -4.45. The first-order chi connectivity index (χ1) is 23.8. The molecule has 2 saturated carbocycles. The van der Waals surface area contributed by atoms with Crippen molar-refractivity contribution in [1.29, 1.82) is 0 Å². The number of carbonyl (C=O) groups excluding carboxylic acids is 4. The van der Waals surface area contributed by atoms with Gasteiger partial charge in [-0.15, -0.1) is 0 Å². The Morgan fingerprint density at radius 3 is 2.41 bits per heavy atom. The van der Waals surface area contributed by atoms with Crippen molar-refractivity contribution >= 4 is 44.9 Å². The van der Waals surface area contributed by atoms with Gasteiger partial charge >= 0.3 is 16.4 Å². The van der Waals surface area contributed by atoms with Gasteiger partial charge in [-0.25, -0.2) is 18.7 Å². The van der Waals surface area contributed by atoms with Crippen LogP contribution in [0.25, 0.3) is 10.8 Å². The van der Waals surface area contributed by atoms with Crippen LogP contribution >= 0.6 is 0 Å². The summed E-state index contributed by atoms with van der Waals surface area (Å²) in [7, 11) is -2.88. The zero-order valence-electron chi connectivity index (χ0n) is 30.4. The second kappa shape index (κ2) is 14.1. The monoisotopic (exact) mass is 731 g/mol. The lowest BCUT2D eigenvalue weighted by Crippen LogP contribution is -2.60. The van der Waals surface area contributed by atoms with E-state index in [-0.39, 0.29) is 25.3 Å². The molecule has 1 saturated heterocycles. The van der Waals surface area contributed by atoms with E-state index in [9.17, 15) is 27.6 Å². The van der Waals surface area contributed by atoms with Crippen LogP contribution in [0.5, 0.6) is 11.6 Å². The Hall–Kier alpha value is -4.18. The topological polar surface area (TPSA) is 192 Å². The Morgan fingerprint density at radius 2 is 1.82 bits per heavy atom. The average Bonchev–Trinajstić information content (AvgIpc) is 3.90. The van der Waals surface area contributed by atoms with E-state index in [1.54, 1.807) is 67.0 Å². The van der Waals surface area contributed by atoms with Gasteiger partial charge in [0, 0.05) is 18.0 Å². The molecule has 280 valence electrons. The highest BCUT2D eigenvalue weighted by atomic mass is 32.2. The smallest absolute Gasteiger partial charge is 0.408 e. The minimum Gasteiger partial charge on any atom is -0.497 e. The van der Waals surface area contributed by atoms with Crippen molar-refractivity contribution < 1.29 is 46.0 Å². The number of likely N-dealkylation sites (tertiary alicyclic amines) is 1. The second-order valence-corrected chi connectivity index (χ2v) is 16.6. The zero-order valence-corrected chi connectivity index (χ0v) is 31.2. The Balaban J connectivity index is 1.43. The van der Waals surface area contributed by atoms with Gasteiger partial charge in [0.25, 0.3) is 5.91 Å². The van der Waals surface area contributed by atoms with Crippen molar-refractivity contribution in [3.63, 3.8) is 0 Å². The first kappa shape index (κ1) is 38.1. The van der Waals surface area contributed by atoms with Crippen LogP contribution in [0.2, 0.25) is 0 Å². The molecule has 5 rings (SSSR count). The van der Waals surface area contributed by atoms with E-state index in [4.69, 9.17) is 18.4 Å². The van der Waals surface area contributed by atoms with Crippen molar-refractivity contribution in [2.75, 3.05) is 13.7 Å². The van der Waals surface area contributed by atoms with Gasteiger partial charge in [0.2, 0.25) is 17.7 Å². The van der Waals surface area contributed by atoms with Gasteiger partial charge in [-0.1, -0.05) is 34.1 Å². The predicted octanol–water partition coefficient (Wildman–Crippen LogP) is 3.36. The number of ether oxygens (including phenoxy) is 3. The van der Waals surface area contributed by atoms with Crippen molar-refractivity contribution in [3.8, 4) is 11.6 Å². The van der Waals surface area contributed by atoms with Crippen LogP contribution in [0.4, 0.5) is 4.79 Å². The van der Waals surface area contributed by atoms with Crippen LogP contribution in [0.3, 0.4) is 0 Å². The molecule has 16 heteroatoms. The maximum atomic E-state index is 14.4. The normalized spacial score (nSPS) is 24.4. The summed E-state index contributed by atoms with van der Waals surface area (Å²) in [5.41, 5.74) is -3.19. The summed E-state index contributed by atoms with van der Waals surface area (Å²) < 4.78 is 49.6. The quantitative estimate of drug-likeness (QED) is 0.274. The van der Waals surface area contributed by atoms with Crippen molar-refractivity contribution in [3.05, 3.63) is 30.5 Å². The van der Waals surface area contributed by atoms with Gasteiger partial charge in [-0.05, 0) is 81.0 Å². The van der Waals surface area contributed by atoms with E-state index in [1.165, 1.54) is 4.90 Å². The number of nitrogens with one attached hydrogen (secondary N) is 3. The minimum absolute atomic E-state index is 0.0212. The molecule has 0 bridgehead atoms. The van der Waals surface area contributed by atoms with Gasteiger partial charge in [-0.3, -0.25) is 14.4 Å². The maximum Gasteiger partial charge on any atom is 0.408 e. The number of benzene rings is 1. The van der Waals surface area contributed by atoms with Gasteiger partial charge < -0.3 is 29.7 Å². The van der Waals surface area contributed by atoms with Crippen LogP contribution in [-0.4, -0.2) is 91.2 Å². The molecule has 51 heavy (non-hydrogen) atoms. The van der Waals surface area contributed by atoms with Crippen molar-refractivity contribution in [2.24, 2.45) is 11.3 Å². The third-order valence-corrected chi connectivity index (χ3v) is 10.7.